The fraction of sp³-hybridized carbons (Fsp3) is 0.647. The highest BCUT2D eigenvalue weighted by Crippen LogP contribution is 2.30. The fourth-order valence-corrected chi connectivity index (χ4v) is 3.83. The van der Waals surface area contributed by atoms with Crippen LogP contribution in [0.2, 0.25) is 0 Å². The van der Waals surface area contributed by atoms with Crippen LogP contribution in [0, 0.1) is 0 Å². The molecule has 0 amide bonds. The van der Waals surface area contributed by atoms with Crippen molar-refractivity contribution in [1.29, 1.82) is 0 Å². The fourth-order valence-electron chi connectivity index (χ4n) is 3.83. The van der Waals surface area contributed by atoms with Gasteiger partial charge in [0, 0.05) is 18.6 Å². The van der Waals surface area contributed by atoms with Crippen LogP contribution in [-0.2, 0) is 6.54 Å². The maximum Gasteiger partial charge on any atom is 0.115 e. The van der Waals surface area contributed by atoms with E-state index in [1.165, 1.54) is 44.1 Å². The minimum Gasteiger partial charge on any atom is -0.508 e. The second-order valence-corrected chi connectivity index (χ2v) is 6.50. The Morgan fingerprint density at radius 2 is 2.00 bits per heavy atom. The number of aromatic hydroxyl groups is 1. The van der Waals surface area contributed by atoms with E-state index in [0.29, 0.717) is 11.3 Å². The van der Waals surface area contributed by atoms with Crippen LogP contribution in [0.4, 0.5) is 0 Å². The number of rotatable bonds is 2. The van der Waals surface area contributed by atoms with Crippen LogP contribution in [0.1, 0.15) is 44.1 Å². The molecule has 1 saturated carbocycles. The van der Waals surface area contributed by atoms with Crippen molar-refractivity contribution in [3.63, 3.8) is 0 Å². The van der Waals surface area contributed by atoms with Gasteiger partial charge >= 0.3 is 0 Å². The molecule has 2 N–H and O–H groups in total. The summed E-state index contributed by atoms with van der Waals surface area (Å²) < 4.78 is 0. The Hall–Kier alpha value is -1.06. The molecule has 2 fully saturated rings. The van der Waals surface area contributed by atoms with E-state index in [2.05, 4.69) is 16.3 Å². The van der Waals surface area contributed by atoms with E-state index in [4.69, 9.17) is 0 Å². The lowest BCUT2D eigenvalue weighted by Crippen LogP contribution is -2.52. The van der Waals surface area contributed by atoms with Gasteiger partial charge in [-0.15, -0.1) is 0 Å². The Bertz CT molecular complexity index is 440. The van der Waals surface area contributed by atoms with Crippen LogP contribution in [0.15, 0.2) is 24.3 Å². The molecule has 1 aromatic rings. The summed E-state index contributed by atoms with van der Waals surface area (Å²) in [5.74, 6) is 0.378. The molecule has 1 spiro atoms. The van der Waals surface area contributed by atoms with Gasteiger partial charge in [0.25, 0.3) is 0 Å². The van der Waals surface area contributed by atoms with E-state index in [1.54, 1.807) is 6.07 Å². The van der Waals surface area contributed by atoms with Gasteiger partial charge in [0.05, 0.1) is 0 Å². The molecule has 1 aromatic carbocycles. The number of phenols is 1. The van der Waals surface area contributed by atoms with E-state index in [-0.39, 0.29) is 0 Å². The Balaban J connectivity index is 1.68. The third-order valence-corrected chi connectivity index (χ3v) is 4.80. The summed E-state index contributed by atoms with van der Waals surface area (Å²) in [5, 5.41) is 13.4. The molecule has 1 aliphatic heterocycles. The first-order valence-corrected chi connectivity index (χ1v) is 8.01. The van der Waals surface area contributed by atoms with E-state index < -0.39 is 0 Å². The van der Waals surface area contributed by atoms with Crippen LogP contribution in [0.25, 0.3) is 0 Å². The Morgan fingerprint density at radius 1 is 1.15 bits per heavy atom. The largest absolute Gasteiger partial charge is 0.508 e. The number of benzene rings is 1. The van der Waals surface area contributed by atoms with Crippen LogP contribution in [0.3, 0.4) is 0 Å². The predicted molar refractivity (Wildman–Crippen MR) is 81.8 cm³/mol. The summed E-state index contributed by atoms with van der Waals surface area (Å²) >= 11 is 0. The first-order chi connectivity index (χ1) is 9.76. The number of nitrogens with zero attached hydrogens (tertiary/aromatic N) is 1. The predicted octanol–water partition coefficient (Wildman–Crippen LogP) is 2.89. The minimum absolute atomic E-state index is 0.353. The maximum absolute atomic E-state index is 9.61. The molecule has 1 heterocycles. The number of phenolic OH excluding ortho intramolecular Hbond substituents is 1. The average molecular weight is 274 g/mol. The molecule has 3 nitrogen and oxygen atoms in total. The standard InChI is InChI=1S/C17H26N2O/c20-16-7-4-6-15(12-16)13-19-11-5-10-18-17(14-19)8-2-1-3-9-17/h4,6-7,12,18,20H,1-3,5,8-11,13-14H2. The molecule has 3 rings (SSSR count). The van der Waals surface area contributed by atoms with Gasteiger partial charge in [0.1, 0.15) is 5.75 Å². The maximum atomic E-state index is 9.61. The molecule has 0 atom stereocenters. The SMILES string of the molecule is Oc1cccc(CN2CCCNC3(CCCCC3)C2)c1. The van der Waals surface area contributed by atoms with Crippen molar-refractivity contribution in [3.8, 4) is 5.75 Å². The quantitative estimate of drug-likeness (QED) is 0.870. The molecule has 1 saturated heterocycles. The number of hydrogen-bond donors (Lipinski definition) is 2. The summed E-state index contributed by atoms with van der Waals surface area (Å²) in [6.07, 6.45) is 8.00. The second kappa shape index (κ2) is 6.15. The van der Waals surface area contributed by atoms with Gasteiger partial charge in [-0.05, 0) is 50.0 Å². The highest BCUT2D eigenvalue weighted by atomic mass is 16.3. The van der Waals surface area contributed by atoms with Crippen LogP contribution in [0.5, 0.6) is 5.75 Å². The Kier molecular flexibility index (Phi) is 4.27. The summed E-state index contributed by atoms with van der Waals surface area (Å²) in [7, 11) is 0. The second-order valence-electron chi connectivity index (χ2n) is 6.50. The van der Waals surface area contributed by atoms with E-state index >= 15 is 0 Å². The van der Waals surface area contributed by atoms with E-state index in [1.807, 2.05) is 12.1 Å². The first kappa shape index (κ1) is 13.9. The Labute approximate surface area is 122 Å². The topological polar surface area (TPSA) is 35.5 Å². The molecule has 1 aliphatic carbocycles. The smallest absolute Gasteiger partial charge is 0.115 e. The highest BCUT2D eigenvalue weighted by Gasteiger charge is 2.34. The van der Waals surface area contributed by atoms with Gasteiger partial charge < -0.3 is 10.4 Å². The van der Waals surface area contributed by atoms with Crippen molar-refractivity contribution in [2.24, 2.45) is 0 Å². The molecule has 2 aliphatic rings. The number of hydrogen-bond acceptors (Lipinski definition) is 3. The lowest BCUT2D eigenvalue weighted by atomic mass is 9.81. The van der Waals surface area contributed by atoms with Crippen molar-refractivity contribution < 1.29 is 5.11 Å². The molecule has 110 valence electrons. The molecule has 3 heteroatoms. The van der Waals surface area contributed by atoms with Crippen molar-refractivity contribution in [1.82, 2.24) is 10.2 Å². The van der Waals surface area contributed by atoms with Gasteiger partial charge in [0.15, 0.2) is 0 Å². The third-order valence-electron chi connectivity index (χ3n) is 4.80. The normalized spacial score (nSPS) is 23.6. The van der Waals surface area contributed by atoms with Crippen LogP contribution >= 0.6 is 0 Å². The molecular formula is C17H26N2O. The summed E-state index contributed by atoms with van der Waals surface area (Å²) in [5.41, 5.74) is 1.57. The van der Waals surface area contributed by atoms with Crippen molar-refractivity contribution in [2.75, 3.05) is 19.6 Å². The summed E-state index contributed by atoms with van der Waals surface area (Å²) in [6, 6.07) is 7.70. The van der Waals surface area contributed by atoms with Crippen molar-refractivity contribution in [3.05, 3.63) is 29.8 Å². The van der Waals surface area contributed by atoms with Crippen molar-refractivity contribution in [2.45, 2.75) is 50.6 Å². The molecular weight excluding hydrogens is 248 g/mol. The Morgan fingerprint density at radius 3 is 2.80 bits per heavy atom. The van der Waals surface area contributed by atoms with Gasteiger partial charge in [-0.2, -0.15) is 0 Å². The molecule has 0 unspecified atom stereocenters. The van der Waals surface area contributed by atoms with Crippen LogP contribution in [-0.4, -0.2) is 35.2 Å². The van der Waals surface area contributed by atoms with Crippen LogP contribution < -0.4 is 5.32 Å². The zero-order valence-corrected chi connectivity index (χ0v) is 12.3. The third kappa shape index (κ3) is 3.33. The zero-order chi connectivity index (χ0) is 13.8. The first-order valence-electron chi connectivity index (χ1n) is 8.01. The molecule has 0 aromatic heterocycles. The minimum atomic E-state index is 0.353. The van der Waals surface area contributed by atoms with E-state index in [0.717, 1.165) is 26.2 Å². The van der Waals surface area contributed by atoms with Crippen molar-refractivity contribution >= 4 is 0 Å². The zero-order valence-electron chi connectivity index (χ0n) is 12.3. The molecule has 20 heavy (non-hydrogen) atoms. The number of nitrogens with one attached hydrogen (secondary N) is 1. The lowest BCUT2D eigenvalue weighted by molar-refractivity contribution is 0.159. The summed E-state index contributed by atoms with van der Waals surface area (Å²) in [4.78, 5) is 2.57. The monoisotopic (exact) mass is 274 g/mol. The average Bonchev–Trinajstić information content (AvgIpc) is 2.62. The molecule has 0 bridgehead atoms. The lowest BCUT2D eigenvalue weighted by Gasteiger charge is -2.40. The van der Waals surface area contributed by atoms with E-state index in [9.17, 15) is 5.11 Å². The molecule has 0 radical (unpaired) electrons. The highest BCUT2D eigenvalue weighted by molar-refractivity contribution is 5.27. The van der Waals surface area contributed by atoms with Gasteiger partial charge in [0.2, 0.25) is 0 Å². The summed E-state index contributed by atoms with van der Waals surface area (Å²) in [6.45, 7) is 4.42. The van der Waals surface area contributed by atoms with Gasteiger partial charge in [-0.3, -0.25) is 4.90 Å². The van der Waals surface area contributed by atoms with Gasteiger partial charge in [-0.1, -0.05) is 31.4 Å². The van der Waals surface area contributed by atoms with Gasteiger partial charge in [-0.25, -0.2) is 0 Å².